The Kier molecular flexibility index (Phi) is 5.54. The highest BCUT2D eigenvalue weighted by molar-refractivity contribution is 9.10. The van der Waals surface area contributed by atoms with Crippen LogP contribution in [0, 0.1) is 16.2 Å². The van der Waals surface area contributed by atoms with Crippen molar-refractivity contribution in [1.82, 2.24) is 4.57 Å². The summed E-state index contributed by atoms with van der Waals surface area (Å²) in [5.41, 5.74) is 3.11. The third-order valence-corrected chi connectivity index (χ3v) is 5.96. The highest BCUT2D eigenvalue weighted by Gasteiger charge is 2.26. The topological polar surface area (TPSA) is 84.4 Å². The Morgan fingerprint density at radius 1 is 1.30 bits per heavy atom. The van der Waals surface area contributed by atoms with Crippen LogP contribution in [0.15, 0.2) is 45.5 Å². The first-order valence-corrected chi connectivity index (χ1v) is 9.67. The third-order valence-electron chi connectivity index (χ3n) is 4.08. The monoisotopic (exact) mass is 443 g/mol. The van der Waals surface area contributed by atoms with E-state index < -0.39 is 5.97 Å². The second kappa shape index (κ2) is 7.86. The van der Waals surface area contributed by atoms with Crippen molar-refractivity contribution in [3.8, 4) is 27.6 Å². The molecule has 1 aromatic carbocycles. The number of nitroso groups, excluding NO2 is 1. The van der Waals surface area contributed by atoms with Crippen LogP contribution in [0.2, 0.25) is 0 Å². The molecule has 136 valence electrons. The van der Waals surface area contributed by atoms with E-state index in [4.69, 9.17) is 4.74 Å². The van der Waals surface area contributed by atoms with Crippen LogP contribution in [-0.4, -0.2) is 17.1 Å². The van der Waals surface area contributed by atoms with Crippen molar-refractivity contribution in [3.05, 3.63) is 56.5 Å². The molecule has 3 aromatic rings. The number of carbonyl (C=O) groups is 1. The van der Waals surface area contributed by atoms with E-state index in [1.54, 1.807) is 30.0 Å². The van der Waals surface area contributed by atoms with Gasteiger partial charge in [0.05, 0.1) is 17.0 Å². The van der Waals surface area contributed by atoms with Gasteiger partial charge in [-0.15, -0.1) is 16.2 Å². The second-order valence-electron chi connectivity index (χ2n) is 5.58. The van der Waals surface area contributed by atoms with Crippen LogP contribution in [0.5, 0.6) is 0 Å². The Labute approximate surface area is 168 Å². The largest absolute Gasteiger partial charge is 0.461 e. The Hall–Kier alpha value is -2.76. The summed E-state index contributed by atoms with van der Waals surface area (Å²) >= 11 is 4.81. The highest BCUT2D eigenvalue weighted by atomic mass is 79.9. The van der Waals surface area contributed by atoms with Gasteiger partial charge in [-0.3, -0.25) is 0 Å². The molecule has 3 rings (SSSR count). The maximum atomic E-state index is 12.5. The molecule has 0 aliphatic heterocycles. The molecule has 0 spiro atoms. The van der Waals surface area contributed by atoms with Gasteiger partial charge in [-0.2, -0.15) is 5.26 Å². The minimum Gasteiger partial charge on any atom is -0.461 e. The summed E-state index contributed by atoms with van der Waals surface area (Å²) in [4.78, 5) is 24.2. The van der Waals surface area contributed by atoms with Crippen LogP contribution < -0.4 is 0 Å². The number of hydrogen-bond acceptors (Lipinski definition) is 6. The van der Waals surface area contributed by atoms with Crippen LogP contribution in [0.4, 0.5) is 5.69 Å². The lowest BCUT2D eigenvalue weighted by atomic mass is 10.00. The number of carbonyl (C=O) groups excluding carboxylic acids is 1. The number of nitrogens with zero attached hydrogens (tertiary/aromatic N) is 3. The van der Waals surface area contributed by atoms with E-state index in [9.17, 15) is 15.0 Å². The molecule has 6 nitrogen and oxygen atoms in total. The Morgan fingerprint density at radius 2 is 1.96 bits per heavy atom. The molecule has 0 aliphatic carbocycles. The molecule has 0 atom stereocenters. The summed E-state index contributed by atoms with van der Waals surface area (Å²) in [5.74, 6) is -0.494. The molecule has 0 aliphatic rings. The van der Waals surface area contributed by atoms with Crippen LogP contribution in [0.3, 0.4) is 0 Å². The molecule has 0 saturated heterocycles. The highest BCUT2D eigenvalue weighted by Crippen LogP contribution is 2.39. The molecule has 0 unspecified atom stereocenters. The van der Waals surface area contributed by atoms with Gasteiger partial charge >= 0.3 is 5.97 Å². The maximum Gasteiger partial charge on any atom is 0.355 e. The van der Waals surface area contributed by atoms with Crippen molar-refractivity contribution in [2.24, 2.45) is 12.2 Å². The molecule has 0 amide bonds. The maximum absolute atomic E-state index is 12.5. The number of aromatic nitrogens is 1. The number of thiophene rings is 1. The first kappa shape index (κ1) is 19.0. The molecule has 0 radical (unpaired) electrons. The van der Waals surface area contributed by atoms with Gasteiger partial charge in [-0.05, 0) is 50.6 Å². The van der Waals surface area contributed by atoms with Gasteiger partial charge in [-0.1, -0.05) is 24.3 Å². The van der Waals surface area contributed by atoms with E-state index in [1.165, 1.54) is 11.3 Å². The Morgan fingerprint density at radius 3 is 2.56 bits per heavy atom. The van der Waals surface area contributed by atoms with E-state index in [-0.39, 0.29) is 6.61 Å². The number of nitriles is 1. The van der Waals surface area contributed by atoms with E-state index >= 15 is 0 Å². The van der Waals surface area contributed by atoms with Gasteiger partial charge in [0, 0.05) is 12.6 Å². The zero-order valence-corrected chi connectivity index (χ0v) is 16.9. The molecule has 27 heavy (non-hydrogen) atoms. The molecule has 2 aromatic heterocycles. The summed E-state index contributed by atoms with van der Waals surface area (Å²) in [5, 5.41) is 14.4. The standard InChI is InChI=1S/C19H14BrN3O3S/c1-3-26-19(24)16-15(13(10-21)18(20)23(16)2)11-4-6-12(7-5-11)17-14(22-25)8-9-27-17/h4-9H,3H2,1-2H3. The van der Waals surface area contributed by atoms with E-state index in [1.807, 2.05) is 24.3 Å². The molecule has 8 heteroatoms. The lowest BCUT2D eigenvalue weighted by Gasteiger charge is -2.08. The minimum atomic E-state index is -0.494. The second-order valence-corrected chi connectivity index (χ2v) is 7.25. The minimum absolute atomic E-state index is 0.238. The molecule has 0 bridgehead atoms. The van der Waals surface area contributed by atoms with Crippen molar-refractivity contribution in [2.75, 3.05) is 6.61 Å². The molecule has 0 saturated carbocycles. The molecular weight excluding hydrogens is 430 g/mol. The molecule has 2 heterocycles. The van der Waals surface area contributed by atoms with Crippen LogP contribution in [0.1, 0.15) is 23.0 Å². The zero-order valence-electron chi connectivity index (χ0n) is 14.5. The first-order chi connectivity index (χ1) is 13.0. The van der Waals surface area contributed by atoms with Gasteiger partial charge in [0.25, 0.3) is 0 Å². The average molecular weight is 444 g/mol. The fraction of sp³-hybridized carbons (Fsp3) is 0.158. The van der Waals surface area contributed by atoms with Gasteiger partial charge < -0.3 is 9.30 Å². The lowest BCUT2D eigenvalue weighted by Crippen LogP contribution is -2.11. The van der Waals surface area contributed by atoms with Crippen molar-refractivity contribution in [3.63, 3.8) is 0 Å². The number of ether oxygens (including phenoxy) is 1. The lowest BCUT2D eigenvalue weighted by molar-refractivity contribution is 0.0516. The SMILES string of the molecule is CCOC(=O)c1c(-c2ccc(-c3sccc3N=O)cc2)c(C#N)c(Br)n1C. The third kappa shape index (κ3) is 3.31. The summed E-state index contributed by atoms with van der Waals surface area (Å²) in [7, 11) is 1.70. The number of benzene rings is 1. The molecular formula is C19H14BrN3O3S. The fourth-order valence-electron chi connectivity index (χ4n) is 2.86. The predicted octanol–water partition coefficient (Wildman–Crippen LogP) is 5.63. The predicted molar refractivity (Wildman–Crippen MR) is 108 cm³/mol. The zero-order chi connectivity index (χ0) is 19.6. The summed E-state index contributed by atoms with van der Waals surface area (Å²) in [6.45, 7) is 1.97. The smallest absolute Gasteiger partial charge is 0.355 e. The van der Waals surface area contributed by atoms with Crippen molar-refractivity contribution in [1.29, 1.82) is 5.26 Å². The molecule has 0 fully saturated rings. The number of esters is 1. The van der Waals surface area contributed by atoms with Crippen LogP contribution >= 0.6 is 27.3 Å². The summed E-state index contributed by atoms with van der Waals surface area (Å²) in [6.07, 6.45) is 0. The fourth-order valence-corrected chi connectivity index (χ4v) is 4.15. The van der Waals surface area contributed by atoms with Gasteiger partial charge in [0.1, 0.15) is 22.1 Å². The van der Waals surface area contributed by atoms with Crippen molar-refractivity contribution in [2.45, 2.75) is 6.92 Å². The Balaban J connectivity index is 2.14. The summed E-state index contributed by atoms with van der Waals surface area (Å²) < 4.78 is 7.28. The van der Waals surface area contributed by atoms with Crippen LogP contribution in [-0.2, 0) is 11.8 Å². The molecule has 0 N–H and O–H groups in total. The quantitative estimate of drug-likeness (QED) is 0.377. The number of hydrogen-bond donors (Lipinski definition) is 0. The Bertz CT molecular complexity index is 1060. The number of halogens is 1. The summed E-state index contributed by atoms with van der Waals surface area (Å²) in [6, 6.07) is 11.1. The van der Waals surface area contributed by atoms with Crippen molar-refractivity contribution < 1.29 is 9.53 Å². The van der Waals surface area contributed by atoms with Gasteiger partial charge in [-0.25, -0.2) is 4.79 Å². The number of rotatable bonds is 5. The van der Waals surface area contributed by atoms with E-state index in [0.29, 0.717) is 32.7 Å². The van der Waals surface area contributed by atoms with E-state index in [0.717, 1.165) is 10.4 Å². The van der Waals surface area contributed by atoms with E-state index in [2.05, 4.69) is 27.2 Å². The van der Waals surface area contributed by atoms with Gasteiger partial charge in [0.2, 0.25) is 0 Å². The normalized spacial score (nSPS) is 10.4. The van der Waals surface area contributed by atoms with Gasteiger partial charge in [0.15, 0.2) is 0 Å². The van der Waals surface area contributed by atoms with Crippen molar-refractivity contribution >= 4 is 38.9 Å². The first-order valence-electron chi connectivity index (χ1n) is 8.00. The average Bonchev–Trinajstić information content (AvgIpc) is 3.25. The van der Waals surface area contributed by atoms with Crippen LogP contribution in [0.25, 0.3) is 21.6 Å².